The van der Waals surface area contributed by atoms with Crippen LogP contribution in [0.25, 0.3) is 0 Å². The van der Waals surface area contributed by atoms with Crippen molar-refractivity contribution in [2.24, 2.45) is 0 Å². The Balaban J connectivity index is 1.87. The first-order valence-electron chi connectivity index (χ1n) is 7.62. The fraction of sp³-hybridized carbons (Fsp3) is 0.235. The van der Waals surface area contributed by atoms with Crippen LogP contribution in [0.15, 0.2) is 51.8 Å². The minimum absolute atomic E-state index is 0.0596. The first-order chi connectivity index (χ1) is 12.2. The highest BCUT2D eigenvalue weighted by Gasteiger charge is 2.16. The number of benzene rings is 2. The molecule has 0 saturated heterocycles. The lowest BCUT2D eigenvalue weighted by Gasteiger charge is -2.17. The maximum Gasteiger partial charge on any atom is 0.240 e. The molecule has 0 atom stereocenters. The molecule has 0 aliphatic carbocycles. The minimum atomic E-state index is -3.70. The summed E-state index contributed by atoms with van der Waals surface area (Å²) in [6.07, 6.45) is -0.0596. The van der Waals surface area contributed by atoms with Crippen molar-refractivity contribution in [2.75, 3.05) is 13.6 Å². The van der Waals surface area contributed by atoms with E-state index in [1.165, 1.54) is 30.1 Å². The Kier molecular flexibility index (Phi) is 6.85. The fourth-order valence-electron chi connectivity index (χ4n) is 2.18. The zero-order valence-corrected chi connectivity index (χ0v) is 16.3. The molecular weight excluding hydrogens is 430 g/mol. The van der Waals surface area contributed by atoms with Gasteiger partial charge in [-0.3, -0.25) is 4.79 Å². The second kappa shape index (κ2) is 8.70. The molecule has 9 heteroatoms. The summed E-state index contributed by atoms with van der Waals surface area (Å²) in [5.41, 5.74) is 0.440. The summed E-state index contributed by atoms with van der Waals surface area (Å²) in [5, 5.41) is 0. The van der Waals surface area contributed by atoms with E-state index in [0.717, 1.165) is 16.6 Å². The van der Waals surface area contributed by atoms with E-state index in [-0.39, 0.29) is 30.3 Å². The first-order valence-corrected chi connectivity index (χ1v) is 9.90. The molecule has 0 radical (unpaired) electrons. The lowest BCUT2D eigenvalue weighted by Crippen LogP contribution is -2.32. The number of halogens is 3. The second-order valence-electron chi connectivity index (χ2n) is 5.60. The van der Waals surface area contributed by atoms with Crippen LogP contribution in [0.5, 0.6) is 0 Å². The van der Waals surface area contributed by atoms with Crippen LogP contribution in [0.3, 0.4) is 0 Å². The highest BCUT2D eigenvalue weighted by atomic mass is 79.9. The smallest absolute Gasteiger partial charge is 0.240 e. The van der Waals surface area contributed by atoms with Gasteiger partial charge in [0.1, 0.15) is 0 Å². The van der Waals surface area contributed by atoms with Gasteiger partial charge in [0, 0.05) is 31.0 Å². The molecule has 2 aromatic carbocycles. The van der Waals surface area contributed by atoms with Crippen molar-refractivity contribution in [1.29, 1.82) is 0 Å². The first kappa shape index (κ1) is 20.5. The third kappa shape index (κ3) is 5.58. The molecule has 0 unspecified atom stereocenters. The van der Waals surface area contributed by atoms with Gasteiger partial charge in [-0.25, -0.2) is 21.9 Å². The minimum Gasteiger partial charge on any atom is -0.341 e. The predicted molar refractivity (Wildman–Crippen MR) is 96.8 cm³/mol. The molecule has 140 valence electrons. The van der Waals surface area contributed by atoms with E-state index in [2.05, 4.69) is 20.7 Å². The van der Waals surface area contributed by atoms with Crippen molar-refractivity contribution < 1.29 is 22.0 Å². The van der Waals surface area contributed by atoms with E-state index < -0.39 is 21.7 Å². The molecule has 0 saturated carbocycles. The summed E-state index contributed by atoms with van der Waals surface area (Å²) in [7, 11) is -2.19. The van der Waals surface area contributed by atoms with Gasteiger partial charge in [0.25, 0.3) is 0 Å². The number of nitrogens with zero attached hydrogens (tertiary/aromatic N) is 1. The number of hydrogen-bond acceptors (Lipinski definition) is 3. The van der Waals surface area contributed by atoms with Crippen LogP contribution in [-0.4, -0.2) is 32.8 Å². The molecule has 0 aromatic heterocycles. The SMILES string of the molecule is CN(Cc1ccc(F)c(F)c1)C(=O)CCNS(=O)(=O)c1ccc(Br)cc1. The zero-order chi connectivity index (χ0) is 19.3. The summed E-state index contributed by atoms with van der Waals surface area (Å²) in [6, 6.07) is 9.51. The van der Waals surface area contributed by atoms with Crippen molar-refractivity contribution in [3.63, 3.8) is 0 Å². The number of nitrogens with one attached hydrogen (secondary N) is 1. The molecule has 1 amide bonds. The molecule has 0 aliphatic heterocycles. The van der Waals surface area contributed by atoms with E-state index in [0.29, 0.717) is 5.56 Å². The number of sulfonamides is 1. The zero-order valence-electron chi connectivity index (χ0n) is 13.9. The molecule has 2 rings (SSSR count). The van der Waals surface area contributed by atoms with Crippen LogP contribution in [0.2, 0.25) is 0 Å². The average molecular weight is 447 g/mol. The molecule has 0 bridgehead atoms. The molecule has 0 spiro atoms. The average Bonchev–Trinajstić information content (AvgIpc) is 2.58. The van der Waals surface area contributed by atoms with Gasteiger partial charge >= 0.3 is 0 Å². The van der Waals surface area contributed by atoms with Gasteiger partial charge in [-0.1, -0.05) is 22.0 Å². The fourth-order valence-corrected chi connectivity index (χ4v) is 3.48. The van der Waals surface area contributed by atoms with Gasteiger partial charge < -0.3 is 4.90 Å². The maximum atomic E-state index is 13.2. The van der Waals surface area contributed by atoms with Gasteiger partial charge in [0.05, 0.1) is 4.90 Å². The summed E-state index contributed by atoms with van der Waals surface area (Å²) in [5.74, 6) is -2.26. The monoisotopic (exact) mass is 446 g/mol. The van der Waals surface area contributed by atoms with Gasteiger partial charge in [0.15, 0.2) is 11.6 Å². The molecule has 0 fully saturated rings. The van der Waals surface area contributed by atoms with E-state index in [1.54, 1.807) is 12.1 Å². The van der Waals surface area contributed by atoms with E-state index in [4.69, 9.17) is 0 Å². The van der Waals surface area contributed by atoms with Crippen LogP contribution in [0.4, 0.5) is 8.78 Å². The number of rotatable bonds is 7. The topological polar surface area (TPSA) is 66.5 Å². The summed E-state index contributed by atoms with van der Waals surface area (Å²) < 4.78 is 53.5. The number of carbonyl (C=O) groups is 1. The quantitative estimate of drug-likeness (QED) is 0.710. The van der Waals surface area contributed by atoms with Crippen LogP contribution < -0.4 is 4.72 Å². The molecular formula is C17H17BrF2N2O3S. The third-order valence-electron chi connectivity index (χ3n) is 3.58. The molecule has 5 nitrogen and oxygen atoms in total. The Bertz CT molecular complexity index is 889. The van der Waals surface area contributed by atoms with Gasteiger partial charge in [-0.05, 0) is 42.0 Å². The largest absolute Gasteiger partial charge is 0.341 e. The Labute approximate surface area is 159 Å². The molecule has 26 heavy (non-hydrogen) atoms. The Morgan fingerprint density at radius 2 is 1.77 bits per heavy atom. The molecule has 1 N–H and O–H groups in total. The summed E-state index contributed by atoms with van der Waals surface area (Å²) >= 11 is 3.23. The van der Waals surface area contributed by atoms with Gasteiger partial charge in [0.2, 0.25) is 15.9 Å². The van der Waals surface area contributed by atoms with Crippen LogP contribution >= 0.6 is 15.9 Å². The third-order valence-corrected chi connectivity index (χ3v) is 5.59. The van der Waals surface area contributed by atoms with Crippen molar-refractivity contribution in [3.8, 4) is 0 Å². The van der Waals surface area contributed by atoms with Crippen molar-refractivity contribution in [2.45, 2.75) is 17.9 Å². The molecule has 2 aromatic rings. The normalized spacial score (nSPS) is 11.4. The van der Waals surface area contributed by atoms with Crippen molar-refractivity contribution >= 4 is 31.9 Å². The number of hydrogen-bond donors (Lipinski definition) is 1. The van der Waals surface area contributed by atoms with Crippen LogP contribution in [0, 0.1) is 11.6 Å². The van der Waals surface area contributed by atoms with Crippen LogP contribution in [-0.2, 0) is 21.4 Å². The lowest BCUT2D eigenvalue weighted by atomic mass is 10.2. The lowest BCUT2D eigenvalue weighted by molar-refractivity contribution is -0.130. The Hall–Kier alpha value is -1.84. The Morgan fingerprint density at radius 1 is 1.12 bits per heavy atom. The van der Waals surface area contributed by atoms with Crippen molar-refractivity contribution in [3.05, 3.63) is 64.1 Å². The maximum absolute atomic E-state index is 13.2. The van der Waals surface area contributed by atoms with E-state index >= 15 is 0 Å². The highest BCUT2D eigenvalue weighted by molar-refractivity contribution is 9.10. The molecule has 0 heterocycles. The Morgan fingerprint density at radius 3 is 2.38 bits per heavy atom. The van der Waals surface area contributed by atoms with E-state index in [1.807, 2.05) is 0 Å². The van der Waals surface area contributed by atoms with Gasteiger partial charge in [-0.2, -0.15) is 0 Å². The highest BCUT2D eigenvalue weighted by Crippen LogP contribution is 2.14. The summed E-state index contributed by atoms with van der Waals surface area (Å²) in [6.45, 7) is 0.0227. The predicted octanol–water partition coefficient (Wildman–Crippen LogP) is 3.05. The van der Waals surface area contributed by atoms with Crippen LogP contribution in [0.1, 0.15) is 12.0 Å². The number of carbonyl (C=O) groups excluding carboxylic acids is 1. The van der Waals surface area contributed by atoms with E-state index in [9.17, 15) is 22.0 Å². The van der Waals surface area contributed by atoms with Gasteiger partial charge in [-0.15, -0.1) is 0 Å². The standard InChI is InChI=1S/C17H17BrF2N2O3S/c1-22(11-12-2-7-15(19)16(20)10-12)17(23)8-9-21-26(24,25)14-5-3-13(18)4-6-14/h2-7,10,21H,8-9,11H2,1H3. The molecule has 0 aliphatic rings. The van der Waals surface area contributed by atoms with Crippen molar-refractivity contribution in [1.82, 2.24) is 9.62 Å². The number of amides is 1. The summed E-state index contributed by atoms with van der Waals surface area (Å²) in [4.78, 5) is 13.5. The second-order valence-corrected chi connectivity index (χ2v) is 8.28.